The van der Waals surface area contributed by atoms with Gasteiger partial charge in [-0.1, -0.05) is 12.1 Å². The molecule has 0 N–H and O–H groups in total. The standard InChI is InChI=1S/C24H12N4O4/c1-27-21(29)11-5-3-9-17-15(11)13(23(27)31)7-25-19(17)10-4-6-12-16-14(8-26-20(9)18(10)16)24(32)28(2)22(12)30/h3-8H,1-2H3. The fraction of sp³-hybridized carbons (Fsp3) is 0.0833. The van der Waals surface area contributed by atoms with Crippen molar-refractivity contribution in [3.63, 3.8) is 0 Å². The summed E-state index contributed by atoms with van der Waals surface area (Å²) in [7, 11) is 2.91. The van der Waals surface area contributed by atoms with Gasteiger partial charge in [-0.25, -0.2) is 0 Å². The lowest BCUT2D eigenvalue weighted by Gasteiger charge is -2.27. The smallest absolute Gasteiger partial charge is 0.262 e. The third-order valence-electron chi connectivity index (χ3n) is 6.72. The van der Waals surface area contributed by atoms with E-state index in [4.69, 9.17) is 0 Å². The molecule has 0 atom stereocenters. The van der Waals surface area contributed by atoms with Crippen LogP contribution >= 0.6 is 0 Å². The molecule has 0 radical (unpaired) electrons. The highest BCUT2D eigenvalue weighted by atomic mass is 16.2. The second kappa shape index (κ2) is 5.23. The number of carbonyl (C=O) groups is 4. The van der Waals surface area contributed by atoms with Crippen molar-refractivity contribution in [3.8, 4) is 0 Å². The average molecular weight is 420 g/mol. The van der Waals surface area contributed by atoms with Crippen LogP contribution in [0.3, 0.4) is 0 Å². The fourth-order valence-electron chi connectivity index (χ4n) is 5.16. The van der Waals surface area contributed by atoms with Gasteiger partial charge in [0.15, 0.2) is 0 Å². The average Bonchev–Trinajstić information content (AvgIpc) is 2.82. The monoisotopic (exact) mass is 420 g/mol. The highest BCUT2D eigenvalue weighted by Crippen LogP contribution is 2.44. The van der Waals surface area contributed by atoms with Gasteiger partial charge < -0.3 is 0 Å². The van der Waals surface area contributed by atoms with Crippen molar-refractivity contribution >= 4 is 67.0 Å². The summed E-state index contributed by atoms with van der Waals surface area (Å²) in [5.41, 5.74) is 2.80. The van der Waals surface area contributed by atoms with E-state index in [-0.39, 0.29) is 11.8 Å². The summed E-state index contributed by atoms with van der Waals surface area (Å²) in [6.07, 6.45) is 2.99. The summed E-state index contributed by atoms with van der Waals surface area (Å²) in [6, 6.07) is 6.99. The Balaban J connectivity index is 1.77. The number of imide groups is 2. The molecule has 5 aromatic rings. The molecule has 0 saturated heterocycles. The number of aromatic nitrogens is 2. The van der Waals surface area contributed by atoms with E-state index in [1.54, 1.807) is 24.3 Å². The van der Waals surface area contributed by atoms with Crippen molar-refractivity contribution in [2.45, 2.75) is 0 Å². The number of benzene rings is 3. The zero-order chi connectivity index (χ0) is 22.0. The third kappa shape index (κ3) is 1.68. The van der Waals surface area contributed by atoms with Crippen molar-refractivity contribution < 1.29 is 19.2 Å². The van der Waals surface area contributed by atoms with Gasteiger partial charge in [0.2, 0.25) is 0 Å². The first-order chi connectivity index (χ1) is 15.4. The summed E-state index contributed by atoms with van der Waals surface area (Å²) in [5, 5.41) is 3.93. The summed E-state index contributed by atoms with van der Waals surface area (Å²) in [5.74, 6) is -1.53. The summed E-state index contributed by atoms with van der Waals surface area (Å²) < 4.78 is 0. The fourth-order valence-corrected chi connectivity index (χ4v) is 5.16. The van der Waals surface area contributed by atoms with Crippen LogP contribution in [0.2, 0.25) is 0 Å². The number of rotatable bonds is 0. The summed E-state index contributed by atoms with van der Waals surface area (Å²) in [6.45, 7) is 0. The van der Waals surface area contributed by atoms with Gasteiger partial charge in [-0.2, -0.15) is 0 Å². The molecule has 8 nitrogen and oxygen atoms in total. The largest absolute Gasteiger partial charge is 0.277 e. The number of hydrogen-bond acceptors (Lipinski definition) is 6. The molecule has 2 aliphatic heterocycles. The second-order valence-corrected chi connectivity index (χ2v) is 8.20. The number of pyridine rings is 2. The lowest BCUT2D eigenvalue weighted by Crippen LogP contribution is -2.37. The Kier molecular flexibility index (Phi) is 2.82. The van der Waals surface area contributed by atoms with Crippen molar-refractivity contribution in [3.05, 3.63) is 58.9 Å². The zero-order valence-corrected chi connectivity index (χ0v) is 16.9. The van der Waals surface area contributed by atoms with E-state index in [9.17, 15) is 19.2 Å². The van der Waals surface area contributed by atoms with Crippen LogP contribution in [0.5, 0.6) is 0 Å². The first kappa shape index (κ1) is 17.2. The lowest BCUT2D eigenvalue weighted by molar-refractivity contribution is 0.0635. The van der Waals surface area contributed by atoms with Gasteiger partial charge in [-0.15, -0.1) is 0 Å². The SMILES string of the molecule is CN1C(=O)c2ccc3c4ncc5c6c(ccc(c7ncc(c2c37)C1=O)c64)C(=O)N(C)C5=O. The van der Waals surface area contributed by atoms with E-state index >= 15 is 0 Å². The molecule has 7 rings (SSSR count). The molecule has 3 aromatic carbocycles. The minimum absolute atomic E-state index is 0.365. The van der Waals surface area contributed by atoms with E-state index < -0.39 is 11.8 Å². The normalized spacial score (nSPS) is 15.9. The molecular formula is C24H12N4O4. The molecule has 2 aromatic heterocycles. The van der Waals surface area contributed by atoms with Gasteiger partial charge in [-0.3, -0.25) is 38.9 Å². The number of carbonyl (C=O) groups excluding carboxylic acids is 4. The number of nitrogens with zero attached hydrogens (tertiary/aromatic N) is 4. The second-order valence-electron chi connectivity index (χ2n) is 8.20. The Labute approximate surface area is 179 Å². The zero-order valence-electron chi connectivity index (χ0n) is 16.9. The van der Waals surface area contributed by atoms with E-state index in [1.807, 2.05) is 0 Å². The quantitative estimate of drug-likeness (QED) is 0.217. The first-order valence-electron chi connectivity index (χ1n) is 9.97. The van der Waals surface area contributed by atoms with Gasteiger partial charge in [0, 0.05) is 69.9 Å². The molecule has 0 fully saturated rings. The Morgan fingerprint density at radius 2 is 0.906 bits per heavy atom. The predicted octanol–water partition coefficient (Wildman–Crippen LogP) is 2.98. The van der Waals surface area contributed by atoms with Crippen molar-refractivity contribution in [1.82, 2.24) is 19.8 Å². The molecule has 4 heterocycles. The molecule has 0 saturated carbocycles. The maximum absolute atomic E-state index is 12.8. The van der Waals surface area contributed by atoms with Crippen LogP contribution in [0, 0.1) is 0 Å². The Morgan fingerprint density at radius 1 is 0.531 bits per heavy atom. The van der Waals surface area contributed by atoms with Crippen LogP contribution in [0.25, 0.3) is 43.4 Å². The van der Waals surface area contributed by atoms with E-state index in [2.05, 4.69) is 9.97 Å². The molecule has 32 heavy (non-hydrogen) atoms. The van der Waals surface area contributed by atoms with Gasteiger partial charge >= 0.3 is 0 Å². The van der Waals surface area contributed by atoms with E-state index in [0.29, 0.717) is 65.6 Å². The Bertz CT molecular complexity index is 1540. The number of fused-ring (bicyclic) bond motifs is 2. The third-order valence-corrected chi connectivity index (χ3v) is 6.72. The molecule has 8 heteroatoms. The van der Waals surface area contributed by atoms with E-state index in [0.717, 1.165) is 9.80 Å². The summed E-state index contributed by atoms with van der Waals surface area (Å²) >= 11 is 0. The van der Waals surface area contributed by atoms with Gasteiger partial charge in [0.05, 0.1) is 22.2 Å². The molecule has 152 valence electrons. The van der Waals surface area contributed by atoms with Crippen molar-refractivity contribution in [2.24, 2.45) is 0 Å². The molecule has 0 bridgehead atoms. The van der Waals surface area contributed by atoms with E-state index in [1.165, 1.54) is 26.5 Å². The van der Waals surface area contributed by atoms with Crippen LogP contribution in [0.4, 0.5) is 0 Å². The Hall–Kier alpha value is -4.46. The Morgan fingerprint density at radius 3 is 1.31 bits per heavy atom. The highest BCUT2D eigenvalue weighted by molar-refractivity contribution is 6.39. The van der Waals surface area contributed by atoms with Crippen LogP contribution in [-0.4, -0.2) is 57.5 Å². The van der Waals surface area contributed by atoms with Gasteiger partial charge in [0.1, 0.15) is 0 Å². The van der Waals surface area contributed by atoms with Crippen LogP contribution in [-0.2, 0) is 0 Å². The lowest BCUT2D eigenvalue weighted by atomic mass is 9.86. The minimum Gasteiger partial charge on any atom is -0.277 e. The maximum Gasteiger partial charge on any atom is 0.262 e. The molecular weight excluding hydrogens is 408 g/mol. The van der Waals surface area contributed by atoms with Gasteiger partial charge in [0.25, 0.3) is 23.6 Å². The van der Waals surface area contributed by atoms with Crippen molar-refractivity contribution in [1.29, 1.82) is 0 Å². The first-order valence-corrected chi connectivity index (χ1v) is 9.97. The highest BCUT2D eigenvalue weighted by Gasteiger charge is 2.35. The molecule has 2 aliphatic rings. The van der Waals surface area contributed by atoms with Crippen LogP contribution in [0.1, 0.15) is 41.4 Å². The van der Waals surface area contributed by atoms with Crippen LogP contribution < -0.4 is 0 Å². The molecule has 0 spiro atoms. The maximum atomic E-state index is 12.8. The molecule has 0 unspecified atom stereocenters. The summed E-state index contributed by atoms with van der Waals surface area (Å²) in [4.78, 5) is 62.6. The molecule has 0 aliphatic carbocycles. The van der Waals surface area contributed by atoms with Crippen molar-refractivity contribution in [2.75, 3.05) is 14.1 Å². The van der Waals surface area contributed by atoms with Crippen LogP contribution in [0.15, 0.2) is 36.7 Å². The topological polar surface area (TPSA) is 101 Å². The predicted molar refractivity (Wildman–Crippen MR) is 116 cm³/mol. The number of amides is 4. The number of hydrogen-bond donors (Lipinski definition) is 0. The molecule has 4 amide bonds. The minimum atomic E-state index is -0.401. The van der Waals surface area contributed by atoms with Gasteiger partial charge in [-0.05, 0) is 12.1 Å².